The maximum Gasteiger partial charge on any atom is 0.303 e. The van der Waals surface area contributed by atoms with E-state index < -0.39 is 11.9 Å². The molecule has 20 heavy (non-hydrogen) atoms. The van der Waals surface area contributed by atoms with Gasteiger partial charge in [0.2, 0.25) is 11.8 Å². The molecule has 4 N–H and O–H groups in total. The molecule has 0 aliphatic carbocycles. The first-order valence-electron chi connectivity index (χ1n) is 5.94. The Morgan fingerprint density at radius 2 is 2.00 bits per heavy atom. The summed E-state index contributed by atoms with van der Waals surface area (Å²) in [4.78, 5) is 32.6. The third-order valence-electron chi connectivity index (χ3n) is 2.32. The van der Waals surface area contributed by atoms with E-state index in [4.69, 9.17) is 10.8 Å². The van der Waals surface area contributed by atoms with Crippen molar-refractivity contribution in [3.63, 3.8) is 0 Å². The summed E-state index contributed by atoms with van der Waals surface area (Å²) in [7, 11) is 0. The van der Waals surface area contributed by atoms with Gasteiger partial charge in [0.15, 0.2) is 0 Å². The van der Waals surface area contributed by atoms with Crippen molar-refractivity contribution in [3.8, 4) is 0 Å². The van der Waals surface area contributed by atoms with Crippen LogP contribution in [0.3, 0.4) is 0 Å². The van der Waals surface area contributed by atoms with Crippen molar-refractivity contribution in [2.45, 2.75) is 12.8 Å². The molecule has 0 bridgehead atoms. The van der Waals surface area contributed by atoms with E-state index in [1.807, 2.05) is 0 Å². The Bertz CT molecular complexity index is 505. The van der Waals surface area contributed by atoms with E-state index in [1.165, 1.54) is 0 Å². The topological polar surface area (TPSA) is 109 Å². The molecule has 0 heterocycles. The molecule has 0 saturated carbocycles. The minimum Gasteiger partial charge on any atom is -0.481 e. The number of carbonyl (C=O) groups is 3. The highest BCUT2D eigenvalue weighted by Gasteiger charge is 2.05. The van der Waals surface area contributed by atoms with Crippen molar-refractivity contribution in [1.82, 2.24) is 0 Å². The van der Waals surface area contributed by atoms with Crippen molar-refractivity contribution in [1.29, 1.82) is 0 Å². The van der Waals surface area contributed by atoms with Gasteiger partial charge in [0, 0.05) is 12.1 Å². The number of nitrogens with one attached hydrogen (secondary N) is 1. The van der Waals surface area contributed by atoms with Crippen LogP contribution in [-0.2, 0) is 20.8 Å². The van der Waals surface area contributed by atoms with Crippen molar-refractivity contribution in [2.24, 2.45) is 5.73 Å². The minimum absolute atomic E-state index is 0.0475. The summed E-state index contributed by atoms with van der Waals surface area (Å²) < 4.78 is 0. The number of benzene rings is 1. The molecule has 0 spiro atoms. The highest BCUT2D eigenvalue weighted by molar-refractivity contribution is 8.00. The monoisotopic (exact) mass is 296 g/mol. The average Bonchev–Trinajstić information content (AvgIpc) is 2.36. The summed E-state index contributed by atoms with van der Waals surface area (Å²) in [6.45, 7) is 0. The number of hydrogen-bond donors (Lipinski definition) is 3. The number of rotatable bonds is 8. The van der Waals surface area contributed by atoms with Crippen LogP contribution >= 0.6 is 11.8 Å². The number of carbonyl (C=O) groups excluding carboxylic acids is 2. The maximum atomic E-state index is 11.6. The molecule has 0 saturated heterocycles. The van der Waals surface area contributed by atoms with E-state index in [-0.39, 0.29) is 23.8 Å². The van der Waals surface area contributed by atoms with Gasteiger partial charge in [-0.05, 0) is 24.1 Å². The van der Waals surface area contributed by atoms with Crippen molar-refractivity contribution >= 4 is 35.2 Å². The molecule has 108 valence electrons. The van der Waals surface area contributed by atoms with Crippen LogP contribution in [0.5, 0.6) is 0 Å². The van der Waals surface area contributed by atoms with Gasteiger partial charge in [-0.3, -0.25) is 14.4 Å². The first kappa shape index (κ1) is 16.0. The summed E-state index contributed by atoms with van der Waals surface area (Å²) in [6.07, 6.45) is 0.460. The number of aryl methyl sites for hydroxylation is 1. The number of primary amides is 1. The van der Waals surface area contributed by atoms with Gasteiger partial charge in [0.25, 0.3) is 0 Å². The quantitative estimate of drug-likeness (QED) is 0.659. The van der Waals surface area contributed by atoms with Gasteiger partial charge in [0.1, 0.15) is 0 Å². The van der Waals surface area contributed by atoms with Crippen LogP contribution in [0.1, 0.15) is 12.0 Å². The third-order valence-corrected chi connectivity index (χ3v) is 3.27. The number of carboxylic acid groups (broad SMARTS) is 1. The van der Waals surface area contributed by atoms with Gasteiger partial charge in [0.05, 0.1) is 11.5 Å². The van der Waals surface area contributed by atoms with Gasteiger partial charge in [-0.15, -0.1) is 11.8 Å². The molecule has 6 nitrogen and oxygen atoms in total. The molecule has 0 atom stereocenters. The van der Waals surface area contributed by atoms with Gasteiger partial charge < -0.3 is 16.2 Å². The fourth-order valence-electron chi connectivity index (χ4n) is 1.50. The van der Waals surface area contributed by atoms with Crippen LogP contribution in [0.4, 0.5) is 5.69 Å². The number of anilines is 1. The third kappa shape index (κ3) is 6.79. The zero-order chi connectivity index (χ0) is 15.0. The van der Waals surface area contributed by atoms with Crippen LogP contribution in [-0.4, -0.2) is 34.4 Å². The van der Waals surface area contributed by atoms with Gasteiger partial charge in [-0.25, -0.2) is 0 Å². The minimum atomic E-state index is -0.859. The molecular formula is C13H16N2O4S. The van der Waals surface area contributed by atoms with E-state index in [1.54, 1.807) is 24.3 Å². The summed E-state index contributed by atoms with van der Waals surface area (Å²) in [5.41, 5.74) is 6.42. The van der Waals surface area contributed by atoms with Gasteiger partial charge >= 0.3 is 5.97 Å². The number of amides is 2. The van der Waals surface area contributed by atoms with E-state index in [9.17, 15) is 14.4 Å². The fraction of sp³-hybridized carbons (Fsp3) is 0.308. The standard InChI is InChI=1S/C13H16N2O4S/c14-11(16)7-20-8-12(17)15-10-3-1-2-9(6-10)4-5-13(18)19/h1-3,6H,4-5,7-8H2,(H2,14,16)(H,15,17)(H,18,19). The molecule has 0 unspecified atom stereocenters. The van der Waals surface area contributed by atoms with Crippen LogP contribution in [0.15, 0.2) is 24.3 Å². The molecule has 0 aliphatic heterocycles. The van der Waals surface area contributed by atoms with Crippen molar-refractivity contribution < 1.29 is 19.5 Å². The van der Waals surface area contributed by atoms with Crippen LogP contribution in [0.2, 0.25) is 0 Å². The summed E-state index contributed by atoms with van der Waals surface area (Å²) in [5, 5.41) is 11.3. The lowest BCUT2D eigenvalue weighted by atomic mass is 10.1. The second-order valence-corrected chi connectivity index (χ2v) is 5.09. The molecule has 0 radical (unpaired) electrons. The Morgan fingerprint density at radius 3 is 2.65 bits per heavy atom. The first-order valence-corrected chi connectivity index (χ1v) is 7.09. The van der Waals surface area contributed by atoms with E-state index in [2.05, 4.69) is 5.32 Å². The number of hydrogen-bond acceptors (Lipinski definition) is 4. The molecule has 7 heteroatoms. The second-order valence-electron chi connectivity index (χ2n) is 4.10. The zero-order valence-corrected chi connectivity index (χ0v) is 11.6. The average molecular weight is 296 g/mol. The Labute approximate surface area is 120 Å². The molecule has 0 aliphatic rings. The predicted molar refractivity (Wildman–Crippen MR) is 77.5 cm³/mol. The Kier molecular flexibility index (Phi) is 6.58. The Balaban J connectivity index is 2.46. The maximum absolute atomic E-state index is 11.6. The second kappa shape index (κ2) is 8.21. The van der Waals surface area contributed by atoms with Crippen LogP contribution in [0.25, 0.3) is 0 Å². The highest BCUT2D eigenvalue weighted by atomic mass is 32.2. The molecule has 0 aromatic heterocycles. The molecule has 1 aromatic carbocycles. The highest BCUT2D eigenvalue weighted by Crippen LogP contribution is 2.13. The lowest BCUT2D eigenvalue weighted by Crippen LogP contribution is -2.18. The zero-order valence-electron chi connectivity index (χ0n) is 10.8. The number of carboxylic acids is 1. The molecule has 1 rings (SSSR count). The van der Waals surface area contributed by atoms with Crippen molar-refractivity contribution in [3.05, 3.63) is 29.8 Å². The van der Waals surface area contributed by atoms with E-state index in [0.29, 0.717) is 12.1 Å². The van der Waals surface area contributed by atoms with Crippen LogP contribution in [0, 0.1) is 0 Å². The molecular weight excluding hydrogens is 280 g/mol. The lowest BCUT2D eigenvalue weighted by Gasteiger charge is -2.06. The van der Waals surface area contributed by atoms with Crippen molar-refractivity contribution in [2.75, 3.05) is 16.8 Å². The summed E-state index contributed by atoms with van der Waals surface area (Å²) in [5.74, 6) is -1.30. The fourth-order valence-corrected chi connectivity index (χ4v) is 2.06. The van der Waals surface area contributed by atoms with E-state index in [0.717, 1.165) is 17.3 Å². The molecule has 2 amide bonds. The predicted octanol–water partition coefficient (Wildman–Crippen LogP) is 0.861. The first-order chi connectivity index (χ1) is 9.47. The number of nitrogens with two attached hydrogens (primary N) is 1. The summed E-state index contributed by atoms with van der Waals surface area (Å²) >= 11 is 1.14. The van der Waals surface area contributed by atoms with Crippen LogP contribution < -0.4 is 11.1 Å². The normalized spacial score (nSPS) is 10.0. The molecule has 1 aromatic rings. The largest absolute Gasteiger partial charge is 0.481 e. The Morgan fingerprint density at radius 1 is 1.25 bits per heavy atom. The Hall–Kier alpha value is -2.02. The summed E-state index contributed by atoms with van der Waals surface area (Å²) in [6, 6.07) is 7.02. The lowest BCUT2D eigenvalue weighted by molar-refractivity contribution is -0.137. The molecule has 0 fully saturated rings. The number of aliphatic carboxylic acids is 1. The van der Waals surface area contributed by atoms with E-state index >= 15 is 0 Å². The van der Waals surface area contributed by atoms with Gasteiger partial charge in [-0.1, -0.05) is 12.1 Å². The number of thioether (sulfide) groups is 1. The van der Waals surface area contributed by atoms with Gasteiger partial charge in [-0.2, -0.15) is 0 Å². The SMILES string of the molecule is NC(=O)CSCC(=O)Nc1cccc(CCC(=O)O)c1. The smallest absolute Gasteiger partial charge is 0.303 e.